The summed E-state index contributed by atoms with van der Waals surface area (Å²) >= 11 is 0. The number of anilines is 1. The summed E-state index contributed by atoms with van der Waals surface area (Å²) < 4.78 is 0. The number of carbonyl (C=O) groups excluding carboxylic acids is 3. The number of phenolic OH excluding ortho intramolecular Hbond substituents is 1. The molecule has 1 aliphatic carbocycles. The zero-order chi connectivity index (χ0) is 19.6. The van der Waals surface area contributed by atoms with Gasteiger partial charge in [0, 0.05) is 35.8 Å². The van der Waals surface area contributed by atoms with Crippen LogP contribution in [0.25, 0.3) is 0 Å². The van der Waals surface area contributed by atoms with Crippen molar-refractivity contribution in [3.05, 3.63) is 58.7 Å². The van der Waals surface area contributed by atoms with Gasteiger partial charge in [0.25, 0.3) is 0 Å². The van der Waals surface area contributed by atoms with Crippen LogP contribution in [0.1, 0.15) is 52.1 Å². The average Bonchev–Trinajstić information content (AvgIpc) is 2.69. The number of fused-ring (bicyclic) bond motifs is 2. The minimum Gasteiger partial charge on any atom is -0.507 e. The standard InChI is InChI=1S/C21H22N2O4/c1-3-12(2)21(27)23-11-10-22-15-8-9-16(24)18-17(15)19(25)13-6-4-5-7-14(13)20(18)26/h4-9,12,22,24H,3,10-11H2,1-2H3,(H,23,27). The SMILES string of the molecule is CCC(C)C(=O)NCCNc1ccc(O)c2c1C(=O)c1ccccc1C2=O. The molecule has 0 saturated carbocycles. The molecular weight excluding hydrogens is 344 g/mol. The Morgan fingerprint density at radius 1 is 1.00 bits per heavy atom. The van der Waals surface area contributed by atoms with Crippen molar-refractivity contribution < 1.29 is 19.5 Å². The average molecular weight is 366 g/mol. The second-order valence-electron chi connectivity index (χ2n) is 6.61. The number of amides is 1. The molecule has 1 amide bonds. The number of carbonyl (C=O) groups is 3. The molecule has 0 aliphatic heterocycles. The predicted molar refractivity (Wildman–Crippen MR) is 102 cm³/mol. The molecule has 0 radical (unpaired) electrons. The summed E-state index contributed by atoms with van der Waals surface area (Å²) in [4.78, 5) is 37.5. The van der Waals surface area contributed by atoms with Gasteiger partial charge in [-0.3, -0.25) is 14.4 Å². The summed E-state index contributed by atoms with van der Waals surface area (Å²) in [5.41, 5.74) is 1.28. The number of aromatic hydroxyl groups is 1. The van der Waals surface area contributed by atoms with E-state index in [9.17, 15) is 19.5 Å². The predicted octanol–water partition coefficient (Wildman–Crippen LogP) is 2.74. The Bertz CT molecular complexity index is 920. The molecule has 6 nitrogen and oxygen atoms in total. The van der Waals surface area contributed by atoms with Gasteiger partial charge in [0.15, 0.2) is 11.6 Å². The zero-order valence-electron chi connectivity index (χ0n) is 15.3. The molecular formula is C21H22N2O4. The topological polar surface area (TPSA) is 95.5 Å². The van der Waals surface area contributed by atoms with Gasteiger partial charge in [-0.05, 0) is 18.6 Å². The Labute approximate surface area is 157 Å². The van der Waals surface area contributed by atoms with Crippen molar-refractivity contribution in [1.82, 2.24) is 5.32 Å². The van der Waals surface area contributed by atoms with Gasteiger partial charge in [0.05, 0.1) is 11.1 Å². The smallest absolute Gasteiger partial charge is 0.222 e. The highest BCUT2D eigenvalue weighted by molar-refractivity contribution is 6.31. The Morgan fingerprint density at radius 3 is 2.26 bits per heavy atom. The van der Waals surface area contributed by atoms with Crippen molar-refractivity contribution in [1.29, 1.82) is 0 Å². The van der Waals surface area contributed by atoms with Gasteiger partial charge in [-0.15, -0.1) is 0 Å². The summed E-state index contributed by atoms with van der Waals surface area (Å²) in [5, 5.41) is 16.1. The highest BCUT2D eigenvalue weighted by Crippen LogP contribution is 2.36. The minimum absolute atomic E-state index is 0.0207. The van der Waals surface area contributed by atoms with Gasteiger partial charge in [-0.25, -0.2) is 0 Å². The third kappa shape index (κ3) is 3.43. The molecule has 0 aromatic heterocycles. The first-order valence-electron chi connectivity index (χ1n) is 9.01. The van der Waals surface area contributed by atoms with Crippen molar-refractivity contribution in [2.24, 2.45) is 5.92 Å². The van der Waals surface area contributed by atoms with Crippen LogP contribution in [0.5, 0.6) is 5.75 Å². The summed E-state index contributed by atoms with van der Waals surface area (Å²) in [6.07, 6.45) is 0.765. The van der Waals surface area contributed by atoms with Gasteiger partial charge in [-0.1, -0.05) is 38.1 Å². The van der Waals surface area contributed by atoms with E-state index in [2.05, 4.69) is 10.6 Å². The number of rotatable bonds is 6. The first-order valence-corrected chi connectivity index (χ1v) is 9.01. The molecule has 1 unspecified atom stereocenters. The maximum Gasteiger partial charge on any atom is 0.222 e. The first-order chi connectivity index (χ1) is 13.0. The Hall–Kier alpha value is -3.15. The minimum atomic E-state index is -0.369. The highest BCUT2D eigenvalue weighted by atomic mass is 16.3. The molecule has 0 bridgehead atoms. The quantitative estimate of drug-likeness (QED) is 0.460. The molecule has 0 saturated heterocycles. The summed E-state index contributed by atoms with van der Waals surface area (Å²) in [6.45, 7) is 4.59. The Morgan fingerprint density at radius 2 is 1.63 bits per heavy atom. The molecule has 3 rings (SSSR count). The molecule has 27 heavy (non-hydrogen) atoms. The highest BCUT2D eigenvalue weighted by Gasteiger charge is 2.33. The maximum atomic E-state index is 12.9. The first kappa shape index (κ1) is 18.6. The second-order valence-corrected chi connectivity index (χ2v) is 6.61. The van der Waals surface area contributed by atoms with E-state index in [0.717, 1.165) is 6.42 Å². The Balaban J connectivity index is 1.82. The molecule has 2 aromatic carbocycles. The fraction of sp³-hybridized carbons (Fsp3) is 0.286. The van der Waals surface area contributed by atoms with Crippen LogP contribution in [0.15, 0.2) is 36.4 Å². The van der Waals surface area contributed by atoms with Gasteiger partial charge < -0.3 is 15.7 Å². The van der Waals surface area contributed by atoms with Crippen LogP contribution < -0.4 is 10.6 Å². The molecule has 6 heteroatoms. The van der Waals surface area contributed by atoms with E-state index in [1.807, 2.05) is 13.8 Å². The van der Waals surface area contributed by atoms with Gasteiger partial charge in [0.2, 0.25) is 5.91 Å². The largest absolute Gasteiger partial charge is 0.507 e. The summed E-state index contributed by atoms with van der Waals surface area (Å²) in [7, 11) is 0. The van der Waals surface area contributed by atoms with Crippen molar-refractivity contribution in [3.63, 3.8) is 0 Å². The number of nitrogens with one attached hydrogen (secondary N) is 2. The van der Waals surface area contributed by atoms with Crippen molar-refractivity contribution in [2.75, 3.05) is 18.4 Å². The molecule has 1 aliphatic rings. The monoisotopic (exact) mass is 366 g/mol. The van der Waals surface area contributed by atoms with Gasteiger partial charge >= 0.3 is 0 Å². The molecule has 0 fully saturated rings. The maximum absolute atomic E-state index is 12.9. The fourth-order valence-electron chi connectivity index (χ4n) is 3.10. The van der Waals surface area contributed by atoms with Gasteiger partial charge in [0.1, 0.15) is 5.75 Å². The van der Waals surface area contributed by atoms with E-state index in [1.165, 1.54) is 6.07 Å². The van der Waals surface area contributed by atoms with Crippen LogP contribution in [-0.4, -0.2) is 35.7 Å². The number of hydrogen-bond acceptors (Lipinski definition) is 5. The van der Waals surface area contributed by atoms with E-state index >= 15 is 0 Å². The lowest BCUT2D eigenvalue weighted by molar-refractivity contribution is -0.124. The van der Waals surface area contributed by atoms with Crippen LogP contribution >= 0.6 is 0 Å². The number of benzene rings is 2. The molecule has 3 N–H and O–H groups in total. The Kier molecular flexibility index (Phi) is 5.26. The zero-order valence-corrected chi connectivity index (χ0v) is 15.3. The van der Waals surface area contributed by atoms with E-state index in [1.54, 1.807) is 30.3 Å². The van der Waals surface area contributed by atoms with Crippen molar-refractivity contribution in [3.8, 4) is 5.75 Å². The van der Waals surface area contributed by atoms with Crippen molar-refractivity contribution in [2.45, 2.75) is 20.3 Å². The second kappa shape index (κ2) is 7.61. The lowest BCUT2D eigenvalue weighted by atomic mass is 9.82. The van der Waals surface area contributed by atoms with Crippen molar-refractivity contribution >= 4 is 23.2 Å². The lowest BCUT2D eigenvalue weighted by Crippen LogP contribution is -2.33. The van der Waals surface area contributed by atoms with Crippen LogP contribution in [0.3, 0.4) is 0 Å². The van der Waals surface area contributed by atoms with Crippen LogP contribution in [0.4, 0.5) is 5.69 Å². The summed E-state index contributed by atoms with van der Waals surface area (Å²) in [6, 6.07) is 9.56. The van der Waals surface area contributed by atoms with Crippen LogP contribution in [0.2, 0.25) is 0 Å². The summed E-state index contributed by atoms with van der Waals surface area (Å²) in [5.74, 6) is -0.962. The van der Waals surface area contributed by atoms with E-state index in [-0.39, 0.29) is 40.3 Å². The number of ketones is 2. The molecule has 1 atom stereocenters. The van der Waals surface area contributed by atoms with E-state index in [4.69, 9.17) is 0 Å². The third-order valence-corrected chi connectivity index (χ3v) is 4.85. The third-order valence-electron chi connectivity index (χ3n) is 4.85. The fourth-order valence-corrected chi connectivity index (χ4v) is 3.10. The molecule has 0 spiro atoms. The van der Waals surface area contributed by atoms with Gasteiger partial charge in [-0.2, -0.15) is 0 Å². The lowest BCUT2D eigenvalue weighted by Gasteiger charge is -2.21. The molecule has 140 valence electrons. The molecule has 2 aromatic rings. The van der Waals surface area contributed by atoms with Crippen LogP contribution in [0, 0.1) is 5.92 Å². The van der Waals surface area contributed by atoms with E-state index in [0.29, 0.717) is 29.9 Å². The van der Waals surface area contributed by atoms with Crippen LogP contribution in [-0.2, 0) is 4.79 Å². The number of phenols is 1. The van der Waals surface area contributed by atoms with E-state index < -0.39 is 0 Å². The molecule has 0 heterocycles. The normalized spacial score (nSPS) is 13.6. The number of hydrogen-bond donors (Lipinski definition) is 3.